The molecule has 0 fully saturated rings. The molecule has 8 aromatic carbocycles. The monoisotopic (exact) mass is 699 g/mol. The van der Waals surface area contributed by atoms with Crippen LogP contribution in [0.2, 0.25) is 0 Å². The van der Waals surface area contributed by atoms with Gasteiger partial charge < -0.3 is 8.98 Å². The van der Waals surface area contributed by atoms with Crippen molar-refractivity contribution in [1.82, 2.24) is 14.5 Å². The lowest BCUT2D eigenvalue weighted by Crippen LogP contribution is -2.25. The van der Waals surface area contributed by atoms with Crippen molar-refractivity contribution in [1.29, 1.82) is 0 Å². The quantitative estimate of drug-likeness (QED) is 0.180. The Hall–Kier alpha value is -7.30. The van der Waals surface area contributed by atoms with Crippen LogP contribution in [0.25, 0.3) is 94.0 Å². The molecule has 1 atom stereocenters. The maximum atomic E-state index is 7.30. The summed E-state index contributed by atoms with van der Waals surface area (Å²) in [6.45, 7) is 0. The second-order valence-corrected chi connectivity index (χ2v) is 14.8. The summed E-state index contributed by atoms with van der Waals surface area (Å²) in [6, 6.07) is 61.3. The van der Waals surface area contributed by atoms with Gasteiger partial charge >= 0.3 is 0 Å². The van der Waals surface area contributed by atoms with Crippen molar-refractivity contribution in [2.24, 2.45) is 0 Å². The molecule has 254 valence electrons. The summed E-state index contributed by atoms with van der Waals surface area (Å²) in [5.41, 5.74) is 18.4. The number of para-hydroxylation sites is 4. The third-order valence-corrected chi connectivity index (χ3v) is 12.3. The van der Waals surface area contributed by atoms with Crippen molar-refractivity contribution in [3.63, 3.8) is 0 Å². The number of fused-ring (bicyclic) bond motifs is 19. The summed E-state index contributed by atoms with van der Waals surface area (Å²) >= 11 is 0. The third-order valence-electron chi connectivity index (χ3n) is 12.3. The van der Waals surface area contributed by atoms with Gasteiger partial charge in [0.2, 0.25) is 0 Å². The Bertz CT molecular complexity index is 3450. The molecule has 0 amide bonds. The Labute approximate surface area is 315 Å². The van der Waals surface area contributed by atoms with E-state index in [4.69, 9.17) is 14.4 Å². The van der Waals surface area contributed by atoms with E-state index in [1.165, 1.54) is 49.9 Å². The molecule has 0 saturated heterocycles. The molecule has 0 N–H and O–H groups in total. The maximum Gasteiger partial charge on any atom is 0.145 e. The summed E-state index contributed by atoms with van der Waals surface area (Å²) in [5, 5.41) is 4.58. The lowest BCUT2D eigenvalue weighted by atomic mass is 9.70. The van der Waals surface area contributed by atoms with Crippen LogP contribution < -0.4 is 0 Å². The average molecular weight is 700 g/mol. The van der Waals surface area contributed by atoms with E-state index in [0.717, 1.165) is 66.3 Å². The molecule has 3 aromatic heterocycles. The van der Waals surface area contributed by atoms with Gasteiger partial charge in [-0.1, -0.05) is 121 Å². The lowest BCUT2D eigenvalue weighted by Gasteiger charge is -2.30. The molecule has 55 heavy (non-hydrogen) atoms. The molecule has 3 heterocycles. The number of hydrogen-bond donors (Lipinski definition) is 0. The van der Waals surface area contributed by atoms with Gasteiger partial charge in [0.05, 0.1) is 44.8 Å². The molecule has 11 aromatic rings. The van der Waals surface area contributed by atoms with Crippen LogP contribution in [0.15, 0.2) is 180 Å². The minimum absolute atomic E-state index is 0.538. The fourth-order valence-corrected chi connectivity index (χ4v) is 10.1. The molecule has 1 unspecified atom stereocenters. The first-order valence-corrected chi connectivity index (χ1v) is 18.8. The van der Waals surface area contributed by atoms with Crippen LogP contribution in [0.3, 0.4) is 0 Å². The molecule has 0 radical (unpaired) electrons. The zero-order valence-corrected chi connectivity index (χ0v) is 29.5. The Morgan fingerprint density at radius 1 is 0.473 bits per heavy atom. The van der Waals surface area contributed by atoms with Gasteiger partial charge in [-0.15, -0.1) is 0 Å². The van der Waals surface area contributed by atoms with Gasteiger partial charge in [-0.2, -0.15) is 0 Å². The van der Waals surface area contributed by atoms with Crippen LogP contribution in [-0.4, -0.2) is 14.5 Å². The third kappa shape index (κ3) is 3.61. The van der Waals surface area contributed by atoms with Crippen molar-refractivity contribution < 1.29 is 4.42 Å². The average Bonchev–Trinajstić information content (AvgIpc) is 3.97. The molecule has 4 heteroatoms. The van der Waals surface area contributed by atoms with Crippen molar-refractivity contribution in [2.45, 2.75) is 5.41 Å². The van der Waals surface area contributed by atoms with Gasteiger partial charge in [0.25, 0.3) is 0 Å². The summed E-state index contributed by atoms with van der Waals surface area (Å²) in [4.78, 5) is 9.87. The molecule has 0 saturated carbocycles. The Morgan fingerprint density at radius 2 is 1.16 bits per heavy atom. The molecule has 1 spiro atoms. The predicted octanol–water partition coefficient (Wildman–Crippen LogP) is 12.6. The summed E-state index contributed by atoms with van der Waals surface area (Å²) in [5.74, 6) is 0. The number of hydrogen-bond acceptors (Lipinski definition) is 3. The fraction of sp³-hybridized carbons (Fsp3) is 0.0196. The summed E-state index contributed by atoms with van der Waals surface area (Å²) in [7, 11) is 0. The van der Waals surface area contributed by atoms with Crippen molar-refractivity contribution >= 4 is 54.8 Å². The van der Waals surface area contributed by atoms with Gasteiger partial charge in [0.1, 0.15) is 11.2 Å². The normalized spacial score (nSPS) is 15.3. The molecule has 0 bridgehead atoms. The van der Waals surface area contributed by atoms with Crippen LogP contribution in [0, 0.1) is 0 Å². The first-order chi connectivity index (χ1) is 27.3. The van der Waals surface area contributed by atoms with Crippen LogP contribution >= 0.6 is 0 Å². The minimum atomic E-state index is -0.538. The van der Waals surface area contributed by atoms with Crippen molar-refractivity contribution in [3.05, 3.63) is 198 Å². The smallest absolute Gasteiger partial charge is 0.145 e. The Morgan fingerprint density at radius 3 is 2.05 bits per heavy atom. The molecule has 4 nitrogen and oxygen atoms in total. The van der Waals surface area contributed by atoms with E-state index in [1.54, 1.807) is 0 Å². The maximum absolute atomic E-state index is 7.30. The highest BCUT2D eigenvalue weighted by Crippen LogP contribution is 2.64. The van der Waals surface area contributed by atoms with Crippen LogP contribution in [-0.2, 0) is 5.41 Å². The molecule has 13 rings (SSSR count). The number of aromatic nitrogens is 3. The molecular formula is C51H29N3O. The van der Waals surface area contributed by atoms with E-state index < -0.39 is 5.41 Å². The van der Waals surface area contributed by atoms with Gasteiger partial charge in [-0.25, -0.2) is 4.98 Å². The first kappa shape index (κ1) is 29.2. The Kier molecular flexibility index (Phi) is 5.54. The van der Waals surface area contributed by atoms with E-state index in [1.807, 2.05) is 30.5 Å². The van der Waals surface area contributed by atoms with Gasteiger partial charge in [-0.3, -0.25) is 4.98 Å². The van der Waals surface area contributed by atoms with E-state index in [9.17, 15) is 0 Å². The standard InChI is InChI=1S/C51H29N3O/c1-2-12-31(13-3-1)54-45-21-11-6-16-37(45)48-46(54)27-25-35-34-24-26-40-47(49(34)55-50(35)48)36-15-5-8-18-39(36)51(40)38-17-7-4-14-32(38)33-23-22-30(28-41(33)51)44-29-52-42-19-9-10-20-43(42)53-44/h1-29H. The van der Waals surface area contributed by atoms with Crippen LogP contribution in [0.1, 0.15) is 22.3 Å². The second kappa shape index (κ2) is 10.4. The zero-order valence-electron chi connectivity index (χ0n) is 29.5. The molecule has 0 aliphatic heterocycles. The van der Waals surface area contributed by atoms with E-state index in [0.29, 0.717) is 0 Å². The lowest BCUT2D eigenvalue weighted by molar-refractivity contribution is 0.673. The van der Waals surface area contributed by atoms with Gasteiger partial charge in [0.15, 0.2) is 0 Å². The fourth-order valence-electron chi connectivity index (χ4n) is 10.1. The van der Waals surface area contributed by atoms with E-state index in [2.05, 4.69) is 150 Å². The highest BCUT2D eigenvalue weighted by Gasteiger charge is 2.52. The van der Waals surface area contributed by atoms with Crippen molar-refractivity contribution in [3.8, 4) is 39.2 Å². The molecular weight excluding hydrogens is 671 g/mol. The van der Waals surface area contributed by atoms with E-state index in [-0.39, 0.29) is 0 Å². The SMILES string of the molecule is c1ccc(-n2c3ccccc3c3c4oc5c6c(ccc5c4ccc32)C2(c3ccccc3-c3ccc(-c4cnc5ccccc5n4)cc32)c2ccccc2-6)cc1. The van der Waals surface area contributed by atoms with Crippen LogP contribution in [0.5, 0.6) is 0 Å². The van der Waals surface area contributed by atoms with Gasteiger partial charge in [0, 0.05) is 33.0 Å². The summed E-state index contributed by atoms with van der Waals surface area (Å²) < 4.78 is 9.66. The predicted molar refractivity (Wildman–Crippen MR) is 223 cm³/mol. The topological polar surface area (TPSA) is 43.9 Å². The number of benzene rings is 8. The minimum Gasteiger partial charge on any atom is -0.455 e. The van der Waals surface area contributed by atoms with Crippen LogP contribution in [0.4, 0.5) is 0 Å². The number of rotatable bonds is 2. The first-order valence-electron chi connectivity index (χ1n) is 18.8. The molecule has 2 aliphatic rings. The zero-order chi connectivity index (χ0) is 35.8. The molecule has 2 aliphatic carbocycles. The summed E-state index contributed by atoms with van der Waals surface area (Å²) in [6.07, 6.45) is 1.91. The van der Waals surface area contributed by atoms with Gasteiger partial charge in [-0.05, 0) is 87.5 Å². The highest BCUT2D eigenvalue weighted by atomic mass is 16.3. The highest BCUT2D eigenvalue weighted by molar-refractivity contribution is 6.25. The largest absolute Gasteiger partial charge is 0.455 e. The Balaban J connectivity index is 1.12. The van der Waals surface area contributed by atoms with E-state index >= 15 is 0 Å². The number of nitrogens with zero attached hydrogens (tertiary/aromatic N) is 3. The number of furan rings is 1. The van der Waals surface area contributed by atoms with Crippen molar-refractivity contribution in [2.75, 3.05) is 0 Å². The second-order valence-electron chi connectivity index (χ2n) is 14.8.